The van der Waals surface area contributed by atoms with Gasteiger partial charge >= 0.3 is 5.97 Å². The standard InChI is InChI=1S/C10H10O4/c11-4-8-9(10(12)13)7(5-14-8)6-2-1-3-6/h4-6H,1-3H2,(H,12,13). The highest BCUT2D eigenvalue weighted by Gasteiger charge is 2.29. The third-order valence-electron chi connectivity index (χ3n) is 2.71. The minimum Gasteiger partial charge on any atom is -0.478 e. The van der Waals surface area contributed by atoms with E-state index in [9.17, 15) is 9.59 Å². The van der Waals surface area contributed by atoms with Gasteiger partial charge in [-0.3, -0.25) is 4.79 Å². The van der Waals surface area contributed by atoms with E-state index in [1.54, 1.807) is 0 Å². The zero-order valence-electron chi connectivity index (χ0n) is 7.53. The van der Waals surface area contributed by atoms with Crippen molar-refractivity contribution in [2.45, 2.75) is 25.2 Å². The summed E-state index contributed by atoms with van der Waals surface area (Å²) in [6, 6.07) is 0. The molecule has 0 atom stereocenters. The van der Waals surface area contributed by atoms with Gasteiger partial charge in [0.05, 0.1) is 6.26 Å². The summed E-state index contributed by atoms with van der Waals surface area (Å²) in [6.07, 6.45) is 4.93. The van der Waals surface area contributed by atoms with E-state index in [-0.39, 0.29) is 17.2 Å². The van der Waals surface area contributed by atoms with E-state index < -0.39 is 5.97 Å². The first kappa shape index (κ1) is 8.99. The first-order chi connectivity index (χ1) is 6.74. The van der Waals surface area contributed by atoms with Crippen molar-refractivity contribution in [3.05, 3.63) is 23.2 Å². The number of carboxylic acids is 1. The lowest BCUT2D eigenvalue weighted by Gasteiger charge is -2.24. The Bertz CT molecular complexity index is 373. The largest absolute Gasteiger partial charge is 0.478 e. The molecule has 0 aromatic carbocycles. The molecule has 0 radical (unpaired) electrons. The van der Waals surface area contributed by atoms with Crippen LogP contribution in [0.4, 0.5) is 0 Å². The van der Waals surface area contributed by atoms with Gasteiger partial charge in [0.15, 0.2) is 12.0 Å². The molecular formula is C10H10O4. The van der Waals surface area contributed by atoms with Gasteiger partial charge in [0, 0.05) is 5.56 Å². The first-order valence-electron chi connectivity index (χ1n) is 4.54. The van der Waals surface area contributed by atoms with E-state index in [4.69, 9.17) is 9.52 Å². The molecule has 1 aliphatic carbocycles. The SMILES string of the molecule is O=Cc1occ(C2CCC2)c1C(=O)O. The van der Waals surface area contributed by atoms with Gasteiger partial charge in [-0.05, 0) is 18.8 Å². The summed E-state index contributed by atoms with van der Waals surface area (Å²) in [5.41, 5.74) is 0.718. The van der Waals surface area contributed by atoms with Crippen LogP contribution in [-0.2, 0) is 0 Å². The summed E-state index contributed by atoms with van der Waals surface area (Å²) in [4.78, 5) is 21.4. The topological polar surface area (TPSA) is 67.5 Å². The number of aldehydes is 1. The number of carboxylic acid groups (broad SMARTS) is 1. The molecule has 4 nitrogen and oxygen atoms in total. The minimum absolute atomic E-state index is 0.0460. The summed E-state index contributed by atoms with van der Waals surface area (Å²) in [7, 11) is 0. The zero-order valence-corrected chi connectivity index (χ0v) is 7.53. The number of furan rings is 1. The average Bonchev–Trinajstić information content (AvgIpc) is 2.44. The van der Waals surface area contributed by atoms with Crippen LogP contribution >= 0.6 is 0 Å². The van der Waals surface area contributed by atoms with Crippen molar-refractivity contribution in [1.29, 1.82) is 0 Å². The minimum atomic E-state index is -1.08. The molecule has 0 amide bonds. The van der Waals surface area contributed by atoms with Gasteiger partial charge in [0.2, 0.25) is 0 Å². The maximum absolute atomic E-state index is 10.9. The van der Waals surface area contributed by atoms with Crippen LogP contribution in [0.15, 0.2) is 10.7 Å². The van der Waals surface area contributed by atoms with Crippen molar-refractivity contribution >= 4 is 12.3 Å². The third-order valence-corrected chi connectivity index (χ3v) is 2.71. The summed E-state index contributed by atoms with van der Waals surface area (Å²) >= 11 is 0. The van der Waals surface area contributed by atoms with Crippen molar-refractivity contribution < 1.29 is 19.1 Å². The molecule has 4 heteroatoms. The number of rotatable bonds is 3. The lowest BCUT2D eigenvalue weighted by molar-refractivity contribution is 0.0690. The molecule has 1 fully saturated rings. The maximum atomic E-state index is 10.9. The zero-order chi connectivity index (χ0) is 10.1. The molecule has 1 aromatic heterocycles. The van der Waals surface area contributed by atoms with Crippen molar-refractivity contribution in [3.63, 3.8) is 0 Å². The first-order valence-corrected chi connectivity index (χ1v) is 4.54. The Kier molecular flexibility index (Phi) is 2.11. The number of carbonyl (C=O) groups excluding carboxylic acids is 1. The second kappa shape index (κ2) is 3.29. The van der Waals surface area contributed by atoms with Gasteiger partial charge in [0.25, 0.3) is 0 Å². The molecule has 1 aromatic rings. The summed E-state index contributed by atoms with van der Waals surface area (Å²) < 4.78 is 4.91. The molecule has 1 N–H and O–H groups in total. The highest BCUT2D eigenvalue weighted by atomic mass is 16.4. The van der Waals surface area contributed by atoms with Crippen LogP contribution in [-0.4, -0.2) is 17.4 Å². The molecule has 0 unspecified atom stereocenters. The van der Waals surface area contributed by atoms with E-state index in [0.717, 1.165) is 19.3 Å². The molecule has 14 heavy (non-hydrogen) atoms. The second-order valence-electron chi connectivity index (χ2n) is 3.48. The van der Waals surface area contributed by atoms with Gasteiger partial charge < -0.3 is 9.52 Å². The lowest BCUT2D eigenvalue weighted by Crippen LogP contribution is -2.12. The molecule has 1 heterocycles. The van der Waals surface area contributed by atoms with Crippen LogP contribution < -0.4 is 0 Å². The Balaban J connectivity index is 2.43. The van der Waals surface area contributed by atoms with Crippen molar-refractivity contribution in [2.24, 2.45) is 0 Å². The summed E-state index contributed by atoms with van der Waals surface area (Å²) in [6.45, 7) is 0. The van der Waals surface area contributed by atoms with Gasteiger partial charge in [-0.2, -0.15) is 0 Å². The monoisotopic (exact) mass is 194 g/mol. The molecule has 74 valence electrons. The third kappa shape index (κ3) is 1.23. The number of hydrogen-bond acceptors (Lipinski definition) is 3. The predicted molar refractivity (Wildman–Crippen MR) is 47.6 cm³/mol. The number of aromatic carboxylic acids is 1. The predicted octanol–water partition coefficient (Wildman–Crippen LogP) is 2.06. The van der Waals surface area contributed by atoms with Crippen molar-refractivity contribution in [3.8, 4) is 0 Å². The Hall–Kier alpha value is -1.58. The summed E-state index contributed by atoms with van der Waals surface area (Å²) in [5, 5.41) is 8.92. The van der Waals surface area contributed by atoms with E-state index in [2.05, 4.69) is 0 Å². The fourth-order valence-electron chi connectivity index (χ4n) is 1.72. The quantitative estimate of drug-likeness (QED) is 0.748. The molecule has 0 bridgehead atoms. The van der Waals surface area contributed by atoms with Gasteiger partial charge in [-0.1, -0.05) is 6.42 Å². The molecule has 0 aliphatic heterocycles. The molecule has 1 aliphatic rings. The highest BCUT2D eigenvalue weighted by Crippen LogP contribution is 2.39. The van der Waals surface area contributed by atoms with E-state index in [1.165, 1.54) is 6.26 Å². The van der Waals surface area contributed by atoms with Crippen molar-refractivity contribution in [1.82, 2.24) is 0 Å². The van der Waals surface area contributed by atoms with Crippen LogP contribution in [0.5, 0.6) is 0 Å². The fraction of sp³-hybridized carbons (Fsp3) is 0.400. The fourth-order valence-corrected chi connectivity index (χ4v) is 1.72. The Morgan fingerprint density at radius 3 is 2.71 bits per heavy atom. The van der Waals surface area contributed by atoms with Gasteiger partial charge in [-0.25, -0.2) is 4.79 Å². The second-order valence-corrected chi connectivity index (χ2v) is 3.48. The molecule has 1 saturated carbocycles. The Morgan fingerprint density at radius 1 is 1.57 bits per heavy atom. The van der Waals surface area contributed by atoms with Crippen molar-refractivity contribution in [2.75, 3.05) is 0 Å². The molecule has 0 saturated heterocycles. The van der Waals surface area contributed by atoms with Crippen LogP contribution in [0.2, 0.25) is 0 Å². The average molecular weight is 194 g/mol. The Morgan fingerprint density at radius 2 is 2.29 bits per heavy atom. The molecule has 2 rings (SSSR count). The highest BCUT2D eigenvalue weighted by molar-refractivity contribution is 5.97. The molecular weight excluding hydrogens is 184 g/mol. The van der Waals surface area contributed by atoms with Gasteiger partial charge in [0.1, 0.15) is 5.56 Å². The molecule has 0 spiro atoms. The van der Waals surface area contributed by atoms with Crippen LogP contribution in [0.3, 0.4) is 0 Å². The van der Waals surface area contributed by atoms with Gasteiger partial charge in [-0.15, -0.1) is 0 Å². The normalized spacial score (nSPS) is 16.3. The number of carbonyl (C=O) groups is 2. The van der Waals surface area contributed by atoms with E-state index in [0.29, 0.717) is 11.8 Å². The maximum Gasteiger partial charge on any atom is 0.340 e. The van der Waals surface area contributed by atoms with Crippen LogP contribution in [0.1, 0.15) is 51.7 Å². The van der Waals surface area contributed by atoms with E-state index in [1.807, 2.05) is 0 Å². The lowest BCUT2D eigenvalue weighted by atomic mass is 9.79. The smallest absolute Gasteiger partial charge is 0.340 e. The van der Waals surface area contributed by atoms with Crippen LogP contribution in [0, 0.1) is 0 Å². The number of hydrogen-bond donors (Lipinski definition) is 1. The Labute approximate surface area is 80.5 Å². The summed E-state index contributed by atoms with van der Waals surface area (Å²) in [5.74, 6) is -0.888. The van der Waals surface area contributed by atoms with E-state index >= 15 is 0 Å². The van der Waals surface area contributed by atoms with Crippen LogP contribution in [0.25, 0.3) is 0 Å².